The van der Waals surface area contributed by atoms with Gasteiger partial charge in [-0.2, -0.15) is 0 Å². The van der Waals surface area contributed by atoms with Crippen molar-refractivity contribution in [3.05, 3.63) is 18.2 Å². The van der Waals surface area contributed by atoms with E-state index in [-0.39, 0.29) is 12.4 Å². The molecule has 0 fully saturated rings. The predicted molar refractivity (Wildman–Crippen MR) is 49.6 cm³/mol. The van der Waals surface area contributed by atoms with Gasteiger partial charge in [-0.1, -0.05) is 12.5 Å². The van der Waals surface area contributed by atoms with E-state index in [2.05, 4.69) is 9.82 Å². The number of nitrogens with zero attached hydrogens (tertiary/aromatic N) is 2. The zero-order chi connectivity index (χ0) is 10.4. The smallest absolute Gasteiger partial charge is 0.328 e. The molecule has 1 aromatic heterocycles. The Bertz CT molecular complexity index is 297. The Morgan fingerprint density at radius 1 is 1.79 bits per heavy atom. The molecule has 0 atom stereocenters. The molecule has 0 aliphatic heterocycles. The number of hydrogen-bond acceptors (Lipinski definition) is 5. The third kappa shape index (κ3) is 2.82. The van der Waals surface area contributed by atoms with Crippen LogP contribution in [-0.2, 0) is 22.6 Å². The number of aromatic nitrogens is 2. The van der Waals surface area contributed by atoms with E-state index >= 15 is 0 Å². The molecule has 6 heteroatoms. The Morgan fingerprint density at radius 2 is 2.57 bits per heavy atom. The summed E-state index contributed by atoms with van der Waals surface area (Å²) in [5.41, 5.74) is 1.85. The summed E-state index contributed by atoms with van der Waals surface area (Å²) in [7, 11) is 0. The third-order valence-corrected chi connectivity index (χ3v) is 1.85. The van der Waals surface area contributed by atoms with Crippen LogP contribution >= 0.6 is 0 Å². The van der Waals surface area contributed by atoms with Crippen LogP contribution in [0.3, 0.4) is 0 Å². The second-order valence-corrected chi connectivity index (χ2v) is 2.73. The molecule has 0 amide bonds. The molecule has 0 saturated heterocycles. The quantitative estimate of drug-likeness (QED) is 0.504. The SMILES string of the molecule is CCc1nccn1CCC(=O)ONN. The summed E-state index contributed by atoms with van der Waals surface area (Å²) in [6.07, 6.45) is 4.66. The van der Waals surface area contributed by atoms with Gasteiger partial charge < -0.3 is 9.40 Å². The first-order chi connectivity index (χ1) is 6.77. The molecule has 0 spiro atoms. The Balaban J connectivity index is 2.41. The average Bonchev–Trinajstić information content (AvgIpc) is 2.62. The highest BCUT2D eigenvalue weighted by atomic mass is 16.7. The minimum atomic E-state index is -0.386. The van der Waals surface area contributed by atoms with E-state index in [0.717, 1.165) is 12.2 Å². The van der Waals surface area contributed by atoms with Crippen LogP contribution in [0.25, 0.3) is 0 Å². The Kier molecular flexibility index (Phi) is 4.09. The van der Waals surface area contributed by atoms with Gasteiger partial charge in [0.2, 0.25) is 0 Å². The van der Waals surface area contributed by atoms with Crippen LogP contribution < -0.4 is 11.4 Å². The summed E-state index contributed by atoms with van der Waals surface area (Å²) in [4.78, 5) is 19.4. The van der Waals surface area contributed by atoms with Crippen LogP contribution in [0.1, 0.15) is 19.2 Å². The van der Waals surface area contributed by atoms with Crippen molar-refractivity contribution in [2.45, 2.75) is 26.3 Å². The summed E-state index contributed by atoms with van der Waals surface area (Å²) in [6.45, 7) is 2.57. The monoisotopic (exact) mass is 198 g/mol. The van der Waals surface area contributed by atoms with E-state index in [0.29, 0.717) is 6.54 Å². The van der Waals surface area contributed by atoms with Crippen molar-refractivity contribution in [3.8, 4) is 0 Å². The minimum Gasteiger partial charge on any atom is -0.356 e. The van der Waals surface area contributed by atoms with Crippen molar-refractivity contribution in [2.24, 2.45) is 5.84 Å². The lowest BCUT2D eigenvalue weighted by Gasteiger charge is -2.05. The highest BCUT2D eigenvalue weighted by Gasteiger charge is 2.05. The molecule has 14 heavy (non-hydrogen) atoms. The van der Waals surface area contributed by atoms with Gasteiger partial charge in [0.05, 0.1) is 6.42 Å². The number of hydrogen-bond donors (Lipinski definition) is 2. The molecular formula is C8H14N4O2. The van der Waals surface area contributed by atoms with E-state index in [9.17, 15) is 4.79 Å². The summed E-state index contributed by atoms with van der Waals surface area (Å²) < 4.78 is 1.91. The first-order valence-corrected chi connectivity index (χ1v) is 4.43. The third-order valence-electron chi connectivity index (χ3n) is 1.85. The number of nitrogens with one attached hydrogen (secondary N) is 1. The molecule has 1 aromatic rings. The van der Waals surface area contributed by atoms with Crippen LogP contribution in [0.5, 0.6) is 0 Å². The first-order valence-electron chi connectivity index (χ1n) is 4.43. The Morgan fingerprint density at radius 3 is 3.21 bits per heavy atom. The fourth-order valence-electron chi connectivity index (χ4n) is 1.19. The number of hydrazine groups is 1. The number of aryl methyl sites for hydroxylation is 2. The molecular weight excluding hydrogens is 184 g/mol. The summed E-state index contributed by atoms with van der Waals surface area (Å²) in [6, 6.07) is 0. The number of carbonyl (C=O) groups excluding carboxylic acids is 1. The standard InChI is InChI=1S/C8H14N4O2/c1-2-7-10-4-6-12(7)5-3-8(13)14-11-9/h4,6,11H,2-3,5,9H2,1H3. The molecule has 0 radical (unpaired) electrons. The normalized spacial score (nSPS) is 10.1. The van der Waals surface area contributed by atoms with Gasteiger partial charge in [0.25, 0.3) is 0 Å². The van der Waals surface area contributed by atoms with Crippen molar-refractivity contribution in [1.29, 1.82) is 0 Å². The van der Waals surface area contributed by atoms with Gasteiger partial charge in [0, 0.05) is 25.4 Å². The maximum atomic E-state index is 10.9. The van der Waals surface area contributed by atoms with Gasteiger partial charge in [-0.3, -0.25) is 4.79 Å². The lowest BCUT2D eigenvalue weighted by molar-refractivity contribution is -0.151. The minimum absolute atomic E-state index is 0.271. The van der Waals surface area contributed by atoms with Crippen LogP contribution in [0, 0.1) is 0 Å². The van der Waals surface area contributed by atoms with Crippen molar-refractivity contribution >= 4 is 5.97 Å². The van der Waals surface area contributed by atoms with E-state index in [1.807, 2.05) is 23.3 Å². The highest BCUT2D eigenvalue weighted by molar-refractivity contribution is 5.68. The number of imidazole rings is 1. The molecule has 0 saturated carbocycles. The molecule has 3 N–H and O–H groups in total. The van der Waals surface area contributed by atoms with Gasteiger partial charge in [-0.15, -0.1) is 0 Å². The van der Waals surface area contributed by atoms with E-state index in [1.165, 1.54) is 0 Å². The second kappa shape index (κ2) is 5.36. The van der Waals surface area contributed by atoms with Crippen molar-refractivity contribution in [1.82, 2.24) is 15.1 Å². The van der Waals surface area contributed by atoms with Crippen LogP contribution in [-0.4, -0.2) is 15.5 Å². The van der Waals surface area contributed by atoms with Gasteiger partial charge in [-0.25, -0.2) is 10.8 Å². The maximum absolute atomic E-state index is 10.9. The Labute approximate surface area is 82.0 Å². The van der Waals surface area contributed by atoms with Crippen LogP contribution in [0.2, 0.25) is 0 Å². The summed E-state index contributed by atoms with van der Waals surface area (Å²) >= 11 is 0. The number of rotatable bonds is 5. The zero-order valence-electron chi connectivity index (χ0n) is 8.06. The number of nitrogens with two attached hydrogens (primary N) is 1. The van der Waals surface area contributed by atoms with Gasteiger partial charge >= 0.3 is 5.97 Å². The molecule has 0 unspecified atom stereocenters. The second-order valence-electron chi connectivity index (χ2n) is 2.73. The molecule has 1 heterocycles. The van der Waals surface area contributed by atoms with Crippen molar-refractivity contribution < 1.29 is 9.63 Å². The largest absolute Gasteiger partial charge is 0.356 e. The molecule has 0 aromatic carbocycles. The topological polar surface area (TPSA) is 82.2 Å². The van der Waals surface area contributed by atoms with E-state index < -0.39 is 0 Å². The number of carbonyl (C=O) groups is 1. The molecule has 1 rings (SSSR count). The lowest BCUT2D eigenvalue weighted by Crippen LogP contribution is -2.26. The molecule has 0 aliphatic carbocycles. The molecule has 6 nitrogen and oxygen atoms in total. The lowest BCUT2D eigenvalue weighted by atomic mass is 10.4. The fourth-order valence-corrected chi connectivity index (χ4v) is 1.19. The average molecular weight is 198 g/mol. The van der Waals surface area contributed by atoms with Crippen molar-refractivity contribution in [2.75, 3.05) is 0 Å². The summed E-state index contributed by atoms with van der Waals surface area (Å²) in [5.74, 6) is 5.39. The predicted octanol–water partition coefficient (Wildman–Crippen LogP) is -0.243. The van der Waals surface area contributed by atoms with E-state index in [1.54, 1.807) is 6.20 Å². The van der Waals surface area contributed by atoms with Crippen LogP contribution in [0.15, 0.2) is 12.4 Å². The van der Waals surface area contributed by atoms with Gasteiger partial charge in [0.15, 0.2) is 0 Å². The first kappa shape index (κ1) is 10.7. The van der Waals surface area contributed by atoms with Gasteiger partial charge in [0.1, 0.15) is 5.82 Å². The van der Waals surface area contributed by atoms with E-state index in [4.69, 9.17) is 5.84 Å². The summed E-state index contributed by atoms with van der Waals surface area (Å²) in [5, 5.41) is 0. The highest BCUT2D eigenvalue weighted by Crippen LogP contribution is 2.00. The van der Waals surface area contributed by atoms with Crippen molar-refractivity contribution in [3.63, 3.8) is 0 Å². The maximum Gasteiger partial charge on any atom is 0.328 e. The molecule has 0 aliphatic rings. The Hall–Kier alpha value is -1.40. The molecule has 0 bridgehead atoms. The van der Waals surface area contributed by atoms with Crippen LogP contribution in [0.4, 0.5) is 0 Å². The zero-order valence-corrected chi connectivity index (χ0v) is 8.06. The molecule has 78 valence electrons. The fraction of sp³-hybridized carbons (Fsp3) is 0.500. The van der Waals surface area contributed by atoms with Gasteiger partial charge in [-0.05, 0) is 0 Å².